The molecule has 4 heteroatoms. The number of carbonyl (C=O) groups is 1. The molecule has 1 N–H and O–H groups in total. The number of ether oxygens (including phenoxy) is 1. The molecule has 0 saturated heterocycles. The van der Waals surface area contributed by atoms with Gasteiger partial charge in [-0.25, -0.2) is 4.79 Å². The van der Waals surface area contributed by atoms with Crippen molar-refractivity contribution in [3.05, 3.63) is 120 Å². The second-order valence-corrected chi connectivity index (χ2v) is 8.00. The molecule has 0 radical (unpaired) electrons. The lowest BCUT2D eigenvalue weighted by Gasteiger charge is -2.35. The number of carbonyl (C=O) groups excluding carboxylic acids is 1. The third-order valence-electron chi connectivity index (χ3n) is 5.59. The molecule has 0 spiro atoms. The molecule has 2 atom stereocenters. The van der Waals surface area contributed by atoms with Gasteiger partial charge in [0.25, 0.3) is 0 Å². The lowest BCUT2D eigenvalue weighted by atomic mass is 9.94. The van der Waals surface area contributed by atoms with E-state index in [9.17, 15) is 9.90 Å². The van der Waals surface area contributed by atoms with E-state index >= 15 is 0 Å². The van der Waals surface area contributed by atoms with Gasteiger partial charge in [-0.3, -0.25) is 4.90 Å². The molecular weight excluding hydrogens is 398 g/mol. The third-order valence-corrected chi connectivity index (χ3v) is 5.59. The first-order valence-electron chi connectivity index (χ1n) is 10.9. The van der Waals surface area contributed by atoms with Gasteiger partial charge >= 0.3 is 5.97 Å². The highest BCUT2D eigenvalue weighted by molar-refractivity contribution is 5.87. The van der Waals surface area contributed by atoms with Crippen LogP contribution < -0.4 is 0 Å². The van der Waals surface area contributed by atoms with Crippen LogP contribution >= 0.6 is 0 Å². The molecule has 4 nitrogen and oxygen atoms in total. The molecule has 0 heterocycles. The first-order chi connectivity index (χ1) is 15.6. The Morgan fingerprint density at radius 1 is 0.844 bits per heavy atom. The molecular formula is C28H31NO3. The van der Waals surface area contributed by atoms with Gasteiger partial charge < -0.3 is 9.84 Å². The van der Waals surface area contributed by atoms with Crippen molar-refractivity contribution in [1.29, 1.82) is 0 Å². The number of methoxy groups -OCH3 is 1. The first-order valence-corrected chi connectivity index (χ1v) is 10.9. The summed E-state index contributed by atoms with van der Waals surface area (Å²) in [5, 5.41) is 11.3. The second kappa shape index (κ2) is 12.0. The number of rotatable bonds is 11. The van der Waals surface area contributed by atoms with Gasteiger partial charge in [0.15, 0.2) is 0 Å². The van der Waals surface area contributed by atoms with E-state index in [2.05, 4.69) is 47.9 Å². The summed E-state index contributed by atoms with van der Waals surface area (Å²) in [6.07, 6.45) is 0.0228. The molecule has 0 saturated carbocycles. The molecule has 0 aromatic heterocycles. The van der Waals surface area contributed by atoms with Gasteiger partial charge in [-0.1, -0.05) is 97.6 Å². The summed E-state index contributed by atoms with van der Waals surface area (Å²) in [4.78, 5) is 14.2. The van der Waals surface area contributed by atoms with E-state index in [0.717, 1.165) is 5.56 Å². The Hall–Kier alpha value is -3.21. The summed E-state index contributed by atoms with van der Waals surface area (Å²) in [6.45, 7) is 5.18. The Labute approximate surface area is 190 Å². The largest absolute Gasteiger partial charge is 0.466 e. The minimum Gasteiger partial charge on any atom is -0.466 e. The van der Waals surface area contributed by atoms with Crippen molar-refractivity contribution in [2.45, 2.75) is 38.1 Å². The zero-order chi connectivity index (χ0) is 22.8. The van der Waals surface area contributed by atoms with Crippen molar-refractivity contribution in [3.63, 3.8) is 0 Å². The number of nitrogens with zero attached hydrogens (tertiary/aromatic N) is 1. The minimum atomic E-state index is -0.783. The zero-order valence-electron chi connectivity index (χ0n) is 18.6. The topological polar surface area (TPSA) is 49.8 Å². The zero-order valence-corrected chi connectivity index (χ0v) is 18.6. The predicted molar refractivity (Wildman–Crippen MR) is 128 cm³/mol. The highest BCUT2D eigenvalue weighted by Gasteiger charge is 2.28. The van der Waals surface area contributed by atoms with Crippen LogP contribution in [0.3, 0.4) is 0 Å². The van der Waals surface area contributed by atoms with Crippen molar-refractivity contribution >= 4 is 5.97 Å². The van der Waals surface area contributed by atoms with E-state index in [0.29, 0.717) is 19.5 Å². The van der Waals surface area contributed by atoms with E-state index in [1.807, 2.05) is 54.6 Å². The number of aliphatic hydroxyl groups excluding tert-OH is 1. The van der Waals surface area contributed by atoms with Crippen LogP contribution in [0.4, 0.5) is 0 Å². The van der Waals surface area contributed by atoms with Crippen LogP contribution in [0.1, 0.15) is 23.1 Å². The predicted octanol–water partition coefficient (Wildman–Crippen LogP) is 4.78. The maximum Gasteiger partial charge on any atom is 0.333 e. The lowest BCUT2D eigenvalue weighted by molar-refractivity contribution is -0.136. The summed E-state index contributed by atoms with van der Waals surface area (Å²) in [6, 6.07) is 30.4. The average molecular weight is 430 g/mol. The smallest absolute Gasteiger partial charge is 0.333 e. The van der Waals surface area contributed by atoms with Gasteiger partial charge in [0.2, 0.25) is 0 Å². The van der Waals surface area contributed by atoms with Crippen molar-refractivity contribution < 1.29 is 14.6 Å². The lowest BCUT2D eigenvalue weighted by Crippen LogP contribution is -2.45. The summed E-state index contributed by atoms with van der Waals surface area (Å²) in [5.74, 6) is -0.486. The monoisotopic (exact) mass is 429 g/mol. The molecule has 3 aromatic rings. The third kappa shape index (κ3) is 6.91. The van der Waals surface area contributed by atoms with Crippen molar-refractivity contribution in [1.82, 2.24) is 4.90 Å². The van der Waals surface area contributed by atoms with Crippen LogP contribution in [0.2, 0.25) is 0 Å². The highest BCUT2D eigenvalue weighted by Crippen LogP contribution is 2.22. The molecule has 0 aliphatic rings. The van der Waals surface area contributed by atoms with Crippen LogP contribution in [-0.4, -0.2) is 35.2 Å². The normalized spacial score (nSPS) is 12.8. The molecule has 0 bridgehead atoms. The number of benzene rings is 3. The fraction of sp³-hybridized carbons (Fsp3) is 0.250. The Balaban J connectivity index is 1.92. The molecule has 0 aliphatic heterocycles. The number of esters is 1. The van der Waals surface area contributed by atoms with E-state index in [1.165, 1.54) is 18.2 Å². The summed E-state index contributed by atoms with van der Waals surface area (Å²) in [5.41, 5.74) is 3.74. The standard InChI is InChI=1S/C28H31NO3/c1-22(28(31)32-2)18-27(30)26(19-23-12-6-3-7-13-23)29(20-24-14-8-4-9-15-24)21-25-16-10-5-11-17-25/h3-17,26-27,30H,1,18-21H2,2H3/t26-,27+/m0/s1. The summed E-state index contributed by atoms with van der Waals surface area (Å²) < 4.78 is 4.80. The van der Waals surface area contributed by atoms with E-state index in [1.54, 1.807) is 0 Å². The number of aliphatic hydroxyl groups is 1. The van der Waals surface area contributed by atoms with Gasteiger partial charge in [-0.2, -0.15) is 0 Å². The molecule has 166 valence electrons. The quantitative estimate of drug-likeness (QED) is 0.352. The van der Waals surface area contributed by atoms with Gasteiger partial charge in [-0.05, 0) is 23.1 Å². The van der Waals surface area contributed by atoms with Crippen LogP contribution in [0.25, 0.3) is 0 Å². The summed E-state index contributed by atoms with van der Waals surface area (Å²) in [7, 11) is 1.33. The number of hydrogen-bond donors (Lipinski definition) is 1. The molecule has 0 amide bonds. The molecule has 3 rings (SSSR count). The Bertz CT molecular complexity index is 932. The van der Waals surface area contributed by atoms with E-state index in [-0.39, 0.29) is 18.0 Å². The first kappa shape index (κ1) is 23.5. The molecule has 3 aromatic carbocycles. The minimum absolute atomic E-state index is 0.157. The molecule has 0 fully saturated rings. The van der Waals surface area contributed by atoms with Crippen molar-refractivity contribution in [2.75, 3.05) is 7.11 Å². The second-order valence-electron chi connectivity index (χ2n) is 8.00. The van der Waals surface area contributed by atoms with E-state index < -0.39 is 12.1 Å². The highest BCUT2D eigenvalue weighted by atomic mass is 16.5. The number of hydrogen-bond acceptors (Lipinski definition) is 4. The van der Waals surface area contributed by atoms with Crippen LogP contribution in [0, 0.1) is 0 Å². The van der Waals surface area contributed by atoms with Crippen LogP contribution in [0.5, 0.6) is 0 Å². The summed E-state index contributed by atoms with van der Waals surface area (Å²) >= 11 is 0. The van der Waals surface area contributed by atoms with E-state index in [4.69, 9.17) is 4.74 Å². The fourth-order valence-electron chi connectivity index (χ4n) is 3.91. The fourth-order valence-corrected chi connectivity index (χ4v) is 3.91. The van der Waals surface area contributed by atoms with Crippen LogP contribution in [-0.2, 0) is 29.0 Å². The molecule has 0 aliphatic carbocycles. The Kier molecular flexibility index (Phi) is 8.79. The maximum atomic E-state index is 11.9. The van der Waals surface area contributed by atoms with Gasteiger partial charge in [0.1, 0.15) is 0 Å². The Morgan fingerprint density at radius 2 is 1.28 bits per heavy atom. The SMILES string of the molecule is C=C(C[C@@H](O)[C@H](Cc1ccccc1)N(Cc1ccccc1)Cc1ccccc1)C(=O)OC. The van der Waals surface area contributed by atoms with Crippen LogP contribution in [0.15, 0.2) is 103 Å². The Morgan fingerprint density at radius 3 is 1.72 bits per heavy atom. The van der Waals surface area contributed by atoms with Gasteiger partial charge in [0, 0.05) is 31.1 Å². The maximum absolute atomic E-state index is 11.9. The molecule has 32 heavy (non-hydrogen) atoms. The van der Waals surface area contributed by atoms with Crippen molar-refractivity contribution in [2.24, 2.45) is 0 Å². The average Bonchev–Trinajstić information content (AvgIpc) is 2.83. The molecule has 0 unspecified atom stereocenters. The van der Waals surface area contributed by atoms with Crippen molar-refractivity contribution in [3.8, 4) is 0 Å². The van der Waals surface area contributed by atoms with Gasteiger partial charge in [0.05, 0.1) is 13.2 Å². The van der Waals surface area contributed by atoms with Gasteiger partial charge in [-0.15, -0.1) is 0 Å².